The van der Waals surface area contributed by atoms with Crippen LogP contribution in [0.25, 0.3) is 0 Å². The molecular formula is C20H27NO8S. The Bertz CT molecular complexity index is 906. The fourth-order valence-corrected chi connectivity index (χ4v) is 4.29. The van der Waals surface area contributed by atoms with Crippen LogP contribution in [0.4, 0.5) is 4.79 Å². The number of rotatable bonds is 6. The Balaban J connectivity index is 1.77. The number of esters is 1. The molecule has 9 nitrogen and oxygen atoms in total. The summed E-state index contributed by atoms with van der Waals surface area (Å²) in [6.07, 6.45) is -2.18. The van der Waals surface area contributed by atoms with Crippen molar-refractivity contribution in [2.75, 3.05) is 13.2 Å². The second-order valence-electron chi connectivity index (χ2n) is 8.46. The second kappa shape index (κ2) is 8.16. The van der Waals surface area contributed by atoms with Gasteiger partial charge in [-0.05, 0) is 39.8 Å². The minimum Gasteiger partial charge on any atom is -0.458 e. The van der Waals surface area contributed by atoms with E-state index in [1.165, 1.54) is 24.0 Å². The third-order valence-corrected chi connectivity index (χ3v) is 6.01. The van der Waals surface area contributed by atoms with Crippen molar-refractivity contribution in [3.05, 3.63) is 29.8 Å². The van der Waals surface area contributed by atoms with Crippen LogP contribution in [0.3, 0.4) is 0 Å². The van der Waals surface area contributed by atoms with Gasteiger partial charge in [0.25, 0.3) is 10.1 Å². The van der Waals surface area contributed by atoms with Gasteiger partial charge in [0, 0.05) is 6.92 Å². The minimum atomic E-state index is -4.07. The Morgan fingerprint density at radius 2 is 1.87 bits per heavy atom. The predicted octanol–water partition coefficient (Wildman–Crippen LogP) is 2.02. The molecule has 1 aromatic rings. The van der Waals surface area contributed by atoms with Crippen LogP contribution >= 0.6 is 0 Å². The highest BCUT2D eigenvalue weighted by molar-refractivity contribution is 7.86. The van der Waals surface area contributed by atoms with Gasteiger partial charge in [0.05, 0.1) is 11.4 Å². The van der Waals surface area contributed by atoms with Gasteiger partial charge in [-0.2, -0.15) is 8.42 Å². The van der Waals surface area contributed by atoms with E-state index in [4.69, 9.17) is 18.4 Å². The molecule has 1 amide bonds. The molecule has 30 heavy (non-hydrogen) atoms. The number of likely N-dealkylation sites (tertiary alicyclic amines) is 1. The summed E-state index contributed by atoms with van der Waals surface area (Å²) in [5.74, 6) is -0.621. The highest BCUT2D eigenvalue weighted by atomic mass is 32.2. The number of amides is 1. The molecule has 2 heterocycles. The molecule has 0 saturated carbocycles. The van der Waals surface area contributed by atoms with Crippen LogP contribution in [0.15, 0.2) is 29.2 Å². The number of ether oxygens (including phenoxy) is 3. The van der Waals surface area contributed by atoms with E-state index in [2.05, 4.69) is 0 Å². The van der Waals surface area contributed by atoms with Gasteiger partial charge in [0.2, 0.25) is 0 Å². The maximum absolute atomic E-state index is 12.6. The zero-order valence-corrected chi connectivity index (χ0v) is 18.5. The van der Waals surface area contributed by atoms with Crippen LogP contribution in [0.1, 0.15) is 33.3 Å². The van der Waals surface area contributed by atoms with Gasteiger partial charge in [-0.25, -0.2) is 4.79 Å². The molecule has 3 rings (SSSR count). The first kappa shape index (κ1) is 22.5. The van der Waals surface area contributed by atoms with Crippen LogP contribution in [0, 0.1) is 6.92 Å². The molecule has 1 aromatic carbocycles. The molecule has 2 aliphatic heterocycles. The lowest BCUT2D eigenvalue weighted by atomic mass is 10.1. The Labute approximate surface area is 176 Å². The van der Waals surface area contributed by atoms with E-state index in [1.54, 1.807) is 32.9 Å². The number of hydrogen-bond donors (Lipinski definition) is 0. The first-order valence-corrected chi connectivity index (χ1v) is 11.1. The SMILES string of the molecule is CC(=O)O[C@H](COS(=O)(=O)c1ccc(C)cc1)[C@@H]1[C@@H]2O[C@@H]2CN1C(=O)OC(C)(C)C. The second-order valence-corrected chi connectivity index (χ2v) is 10.1. The number of aryl methyl sites for hydroxylation is 1. The molecule has 2 saturated heterocycles. The lowest BCUT2D eigenvalue weighted by Gasteiger charge is -2.33. The summed E-state index contributed by atoms with van der Waals surface area (Å²) in [7, 11) is -4.07. The molecular weight excluding hydrogens is 414 g/mol. The van der Waals surface area contributed by atoms with E-state index in [-0.39, 0.29) is 23.6 Å². The molecule has 0 spiro atoms. The Morgan fingerprint density at radius 3 is 2.43 bits per heavy atom. The van der Waals surface area contributed by atoms with Gasteiger partial charge in [0.1, 0.15) is 36.6 Å². The first-order chi connectivity index (χ1) is 13.9. The smallest absolute Gasteiger partial charge is 0.410 e. The van der Waals surface area contributed by atoms with Crippen LogP contribution in [0.2, 0.25) is 0 Å². The number of fused-ring (bicyclic) bond motifs is 1. The van der Waals surface area contributed by atoms with Crippen molar-refractivity contribution in [3.8, 4) is 0 Å². The minimum absolute atomic E-state index is 0.00866. The molecule has 0 radical (unpaired) electrons. The lowest BCUT2D eigenvalue weighted by molar-refractivity contribution is -0.152. The molecule has 2 aliphatic rings. The van der Waals surface area contributed by atoms with E-state index in [1.807, 2.05) is 6.92 Å². The van der Waals surface area contributed by atoms with E-state index in [9.17, 15) is 18.0 Å². The van der Waals surface area contributed by atoms with Gasteiger partial charge in [-0.1, -0.05) is 17.7 Å². The van der Waals surface area contributed by atoms with Gasteiger partial charge >= 0.3 is 12.1 Å². The summed E-state index contributed by atoms with van der Waals surface area (Å²) in [5.41, 5.74) is 0.194. The quantitative estimate of drug-likeness (QED) is 0.374. The highest BCUT2D eigenvalue weighted by Gasteiger charge is 2.60. The van der Waals surface area contributed by atoms with Gasteiger partial charge in [0.15, 0.2) is 0 Å². The first-order valence-electron chi connectivity index (χ1n) is 9.66. The normalized spacial score (nSPS) is 24.2. The third kappa shape index (κ3) is 5.30. The van der Waals surface area contributed by atoms with E-state index in [0.29, 0.717) is 0 Å². The molecule has 0 aromatic heterocycles. The van der Waals surface area contributed by atoms with Crippen molar-refractivity contribution in [2.24, 2.45) is 0 Å². The molecule has 166 valence electrons. The Hall–Kier alpha value is -2.17. The van der Waals surface area contributed by atoms with Crippen molar-refractivity contribution >= 4 is 22.2 Å². The number of carbonyl (C=O) groups is 2. The van der Waals surface area contributed by atoms with Crippen molar-refractivity contribution in [1.29, 1.82) is 0 Å². The molecule has 0 bridgehead atoms. The van der Waals surface area contributed by atoms with Crippen LogP contribution in [0.5, 0.6) is 0 Å². The highest BCUT2D eigenvalue weighted by Crippen LogP contribution is 2.39. The van der Waals surface area contributed by atoms with Crippen LogP contribution < -0.4 is 0 Å². The molecule has 4 atom stereocenters. The summed E-state index contributed by atoms with van der Waals surface area (Å²) in [4.78, 5) is 25.7. The van der Waals surface area contributed by atoms with Crippen molar-refractivity contribution in [3.63, 3.8) is 0 Å². The number of nitrogens with zero attached hydrogens (tertiary/aromatic N) is 1. The van der Waals surface area contributed by atoms with Crippen LogP contribution in [-0.2, 0) is 33.3 Å². The van der Waals surface area contributed by atoms with Crippen LogP contribution in [-0.4, -0.2) is 68.5 Å². The number of hydrogen-bond acceptors (Lipinski definition) is 8. The van der Waals surface area contributed by atoms with Gasteiger partial charge in [-0.3, -0.25) is 13.9 Å². The fraction of sp³-hybridized carbons (Fsp3) is 0.600. The lowest BCUT2D eigenvalue weighted by Crippen LogP contribution is -2.51. The predicted molar refractivity (Wildman–Crippen MR) is 105 cm³/mol. The summed E-state index contributed by atoms with van der Waals surface area (Å²) in [6.45, 7) is 8.10. The standard InChI is InChI=1S/C20H27NO8S/c1-12-6-8-14(9-7-12)30(24,25)26-11-16(27-13(2)22)17-18-15(28-18)10-21(17)19(23)29-20(3,4)5/h6-9,15-18H,10-11H2,1-5H3/t15-,16-,17-,18-/m1/s1. The maximum Gasteiger partial charge on any atom is 0.410 e. The zero-order valence-electron chi connectivity index (χ0n) is 17.7. The monoisotopic (exact) mass is 441 g/mol. The average molecular weight is 442 g/mol. The Morgan fingerprint density at radius 1 is 1.23 bits per heavy atom. The largest absolute Gasteiger partial charge is 0.458 e. The third-order valence-electron chi connectivity index (χ3n) is 4.72. The van der Waals surface area contributed by atoms with E-state index < -0.39 is 46.5 Å². The van der Waals surface area contributed by atoms with Crippen molar-refractivity contribution in [2.45, 2.75) is 69.5 Å². The molecule has 10 heteroatoms. The molecule has 0 N–H and O–H groups in total. The molecule has 0 aliphatic carbocycles. The van der Waals surface area contributed by atoms with Crippen molar-refractivity contribution in [1.82, 2.24) is 4.90 Å². The van der Waals surface area contributed by atoms with Crippen molar-refractivity contribution < 1.29 is 36.4 Å². The Kier molecular flexibility index (Phi) is 6.13. The maximum atomic E-state index is 12.6. The number of epoxide rings is 1. The molecule has 0 unspecified atom stereocenters. The molecule has 2 fully saturated rings. The topological polar surface area (TPSA) is 112 Å². The van der Waals surface area contributed by atoms with Gasteiger partial charge in [-0.15, -0.1) is 0 Å². The number of carbonyl (C=O) groups excluding carboxylic acids is 2. The number of benzene rings is 1. The summed E-state index contributed by atoms with van der Waals surface area (Å²) < 4.78 is 46.6. The summed E-state index contributed by atoms with van der Waals surface area (Å²) >= 11 is 0. The summed E-state index contributed by atoms with van der Waals surface area (Å²) in [5, 5.41) is 0. The number of morpholine rings is 1. The van der Waals surface area contributed by atoms with E-state index >= 15 is 0 Å². The van der Waals surface area contributed by atoms with Gasteiger partial charge < -0.3 is 14.2 Å². The average Bonchev–Trinajstić information content (AvgIpc) is 3.27. The summed E-state index contributed by atoms with van der Waals surface area (Å²) in [6, 6.07) is 5.48. The zero-order chi connectivity index (χ0) is 22.3. The van der Waals surface area contributed by atoms with E-state index in [0.717, 1.165) is 5.56 Å². The fourth-order valence-electron chi connectivity index (χ4n) is 3.37.